The summed E-state index contributed by atoms with van der Waals surface area (Å²) in [6.45, 7) is 0. The second kappa shape index (κ2) is 6.83. The van der Waals surface area contributed by atoms with Crippen molar-refractivity contribution >= 4 is 10.8 Å². The topological polar surface area (TPSA) is 56.0 Å². The van der Waals surface area contributed by atoms with Crippen LogP contribution in [0, 0.1) is 0 Å². The van der Waals surface area contributed by atoms with Crippen LogP contribution in [0.15, 0.2) is 99.6 Å². The van der Waals surface area contributed by atoms with Gasteiger partial charge in [0.15, 0.2) is 0 Å². The maximum absolute atomic E-state index is 12.6. The van der Waals surface area contributed by atoms with Gasteiger partial charge in [0.05, 0.1) is 22.1 Å². The van der Waals surface area contributed by atoms with Gasteiger partial charge in [0.2, 0.25) is 0 Å². The molecule has 4 rings (SSSR count). The fraction of sp³-hybridized carbons (Fsp3) is 0. The molecule has 2 aromatic carbocycles. The van der Waals surface area contributed by atoms with Crippen molar-refractivity contribution in [1.29, 1.82) is 0 Å². The van der Waals surface area contributed by atoms with Gasteiger partial charge >= 0.3 is 0 Å². The molecule has 2 aromatic heterocycles. The number of hydrogen-bond donors (Lipinski definition) is 0. The first-order valence-corrected chi connectivity index (χ1v) is 8.91. The molecule has 0 saturated carbocycles. The average Bonchev–Trinajstić information content (AvgIpc) is 3.19. The fourth-order valence-electron chi connectivity index (χ4n) is 2.57. The van der Waals surface area contributed by atoms with Crippen LogP contribution in [0.4, 0.5) is 0 Å². The molecule has 2 heterocycles. The van der Waals surface area contributed by atoms with Crippen LogP contribution in [0.3, 0.4) is 0 Å². The SMILES string of the molecule is O=S(c1ccccc1)c1ccc(-c2nocc2-c2ccccn2)cc1. The third-order valence-electron chi connectivity index (χ3n) is 3.81. The predicted octanol–water partition coefficient (Wildman–Crippen LogP) is 4.57. The minimum absolute atomic E-state index is 0.718. The molecule has 5 heteroatoms. The summed E-state index contributed by atoms with van der Waals surface area (Å²) < 4.78 is 17.8. The second-order valence-corrected chi connectivity index (χ2v) is 6.88. The average molecular weight is 346 g/mol. The summed E-state index contributed by atoms with van der Waals surface area (Å²) >= 11 is 0. The van der Waals surface area contributed by atoms with Crippen molar-refractivity contribution in [2.45, 2.75) is 9.79 Å². The molecule has 0 aliphatic heterocycles. The van der Waals surface area contributed by atoms with Gasteiger partial charge in [-0.3, -0.25) is 4.98 Å². The highest BCUT2D eigenvalue weighted by atomic mass is 32.2. The second-order valence-electron chi connectivity index (χ2n) is 5.40. The van der Waals surface area contributed by atoms with E-state index in [4.69, 9.17) is 4.52 Å². The smallest absolute Gasteiger partial charge is 0.133 e. The standard InChI is InChI=1S/C20H14N2O2S/c23-25(16-6-2-1-3-7-16)17-11-9-15(10-12-17)20-18(14-24-22-20)19-8-4-5-13-21-19/h1-14H. The monoisotopic (exact) mass is 346 g/mol. The van der Waals surface area contributed by atoms with E-state index >= 15 is 0 Å². The van der Waals surface area contributed by atoms with Crippen LogP contribution in [0.25, 0.3) is 22.5 Å². The van der Waals surface area contributed by atoms with Crippen molar-refractivity contribution in [3.8, 4) is 22.5 Å². The Bertz CT molecular complexity index is 997. The Labute approximate surface area is 147 Å². The summed E-state index contributed by atoms with van der Waals surface area (Å²) in [6, 6.07) is 22.6. The van der Waals surface area contributed by atoms with Crippen molar-refractivity contribution in [3.63, 3.8) is 0 Å². The zero-order chi connectivity index (χ0) is 17.1. The lowest BCUT2D eigenvalue weighted by atomic mass is 10.1. The molecular formula is C20H14N2O2S. The van der Waals surface area contributed by atoms with Gasteiger partial charge in [-0.15, -0.1) is 0 Å². The fourth-order valence-corrected chi connectivity index (χ4v) is 3.63. The molecule has 0 radical (unpaired) electrons. The summed E-state index contributed by atoms with van der Waals surface area (Å²) in [5, 5.41) is 4.10. The maximum Gasteiger partial charge on any atom is 0.133 e. The molecule has 0 saturated heterocycles. The molecule has 0 spiro atoms. The molecule has 0 aliphatic carbocycles. The van der Waals surface area contributed by atoms with E-state index in [1.165, 1.54) is 0 Å². The van der Waals surface area contributed by atoms with E-state index in [0.29, 0.717) is 0 Å². The third-order valence-corrected chi connectivity index (χ3v) is 5.21. The van der Waals surface area contributed by atoms with Crippen molar-refractivity contribution in [2.75, 3.05) is 0 Å². The quantitative estimate of drug-likeness (QED) is 0.543. The molecule has 122 valence electrons. The van der Waals surface area contributed by atoms with Gasteiger partial charge < -0.3 is 4.52 Å². The van der Waals surface area contributed by atoms with Crippen molar-refractivity contribution in [2.24, 2.45) is 0 Å². The van der Waals surface area contributed by atoms with Gasteiger partial charge in [-0.05, 0) is 36.4 Å². The number of nitrogens with zero attached hydrogens (tertiary/aromatic N) is 2. The van der Waals surface area contributed by atoms with Crippen LogP contribution < -0.4 is 0 Å². The highest BCUT2D eigenvalue weighted by Gasteiger charge is 2.14. The summed E-state index contributed by atoms with van der Waals surface area (Å²) in [5.41, 5.74) is 3.24. The largest absolute Gasteiger partial charge is 0.363 e. The molecule has 0 N–H and O–H groups in total. The number of aromatic nitrogens is 2. The van der Waals surface area contributed by atoms with E-state index in [9.17, 15) is 4.21 Å². The first kappa shape index (κ1) is 15.5. The predicted molar refractivity (Wildman–Crippen MR) is 96.3 cm³/mol. The van der Waals surface area contributed by atoms with E-state index in [2.05, 4.69) is 10.1 Å². The Balaban J connectivity index is 1.66. The van der Waals surface area contributed by atoms with Gasteiger partial charge in [-0.25, -0.2) is 4.21 Å². The van der Waals surface area contributed by atoms with Gasteiger partial charge in [-0.1, -0.05) is 41.6 Å². The molecule has 1 unspecified atom stereocenters. The Morgan fingerprint density at radius 1 is 0.800 bits per heavy atom. The van der Waals surface area contributed by atoms with Gasteiger partial charge in [0.25, 0.3) is 0 Å². The summed E-state index contributed by atoms with van der Waals surface area (Å²) in [7, 11) is -1.20. The minimum Gasteiger partial charge on any atom is -0.363 e. The minimum atomic E-state index is -1.20. The van der Waals surface area contributed by atoms with Crippen LogP contribution in [-0.2, 0) is 10.8 Å². The lowest BCUT2D eigenvalue weighted by Crippen LogP contribution is -1.92. The normalized spacial score (nSPS) is 12.0. The number of benzene rings is 2. The molecule has 4 aromatic rings. The van der Waals surface area contributed by atoms with E-state index in [1.54, 1.807) is 12.5 Å². The third kappa shape index (κ3) is 3.14. The Kier molecular flexibility index (Phi) is 4.23. The lowest BCUT2D eigenvalue weighted by Gasteiger charge is -2.04. The Morgan fingerprint density at radius 3 is 2.24 bits per heavy atom. The van der Waals surface area contributed by atoms with Crippen molar-refractivity contribution < 1.29 is 8.73 Å². The van der Waals surface area contributed by atoms with Crippen molar-refractivity contribution in [3.05, 3.63) is 85.3 Å². The van der Waals surface area contributed by atoms with Gasteiger partial charge in [0, 0.05) is 21.6 Å². The van der Waals surface area contributed by atoms with Crippen LogP contribution in [0.2, 0.25) is 0 Å². The zero-order valence-electron chi connectivity index (χ0n) is 13.2. The summed E-state index contributed by atoms with van der Waals surface area (Å²) in [4.78, 5) is 5.88. The molecule has 1 atom stereocenters. The van der Waals surface area contributed by atoms with Crippen LogP contribution in [-0.4, -0.2) is 14.3 Å². The van der Waals surface area contributed by atoms with Crippen molar-refractivity contribution in [1.82, 2.24) is 10.1 Å². The number of pyridine rings is 1. The first-order valence-electron chi connectivity index (χ1n) is 7.76. The maximum atomic E-state index is 12.6. The molecule has 0 bridgehead atoms. The molecular weight excluding hydrogens is 332 g/mol. The molecule has 0 aliphatic rings. The Hall–Kier alpha value is -3.05. The van der Waals surface area contributed by atoms with E-state index in [-0.39, 0.29) is 0 Å². The van der Waals surface area contributed by atoms with Gasteiger partial charge in [-0.2, -0.15) is 0 Å². The lowest BCUT2D eigenvalue weighted by molar-refractivity contribution is 0.422. The van der Waals surface area contributed by atoms with E-state index < -0.39 is 10.8 Å². The molecule has 0 amide bonds. The highest BCUT2D eigenvalue weighted by Crippen LogP contribution is 2.30. The zero-order valence-corrected chi connectivity index (χ0v) is 14.0. The van der Waals surface area contributed by atoms with E-state index in [0.717, 1.165) is 32.3 Å². The van der Waals surface area contributed by atoms with E-state index in [1.807, 2.05) is 72.8 Å². The Morgan fingerprint density at radius 2 is 1.52 bits per heavy atom. The van der Waals surface area contributed by atoms with Gasteiger partial charge in [0.1, 0.15) is 12.0 Å². The van der Waals surface area contributed by atoms with Crippen LogP contribution in [0.1, 0.15) is 0 Å². The number of hydrogen-bond acceptors (Lipinski definition) is 4. The highest BCUT2D eigenvalue weighted by molar-refractivity contribution is 7.85. The summed E-state index contributed by atoms with van der Waals surface area (Å²) in [5.74, 6) is 0. The number of rotatable bonds is 4. The molecule has 4 nitrogen and oxygen atoms in total. The van der Waals surface area contributed by atoms with Crippen LogP contribution >= 0.6 is 0 Å². The first-order chi connectivity index (χ1) is 12.3. The summed E-state index contributed by atoms with van der Waals surface area (Å²) in [6.07, 6.45) is 3.33. The van der Waals surface area contributed by atoms with Crippen LogP contribution in [0.5, 0.6) is 0 Å². The molecule has 0 fully saturated rings. The molecule has 25 heavy (non-hydrogen) atoms.